The molecule has 7 heteroatoms. The quantitative estimate of drug-likeness (QED) is 0.824. The van der Waals surface area contributed by atoms with E-state index in [1.807, 2.05) is 39.1 Å². The van der Waals surface area contributed by atoms with Gasteiger partial charge in [-0.25, -0.2) is 14.3 Å². The molecule has 0 bridgehead atoms. The van der Waals surface area contributed by atoms with E-state index < -0.39 is 5.60 Å². The number of amides is 1. The molecule has 0 aliphatic rings. The zero-order chi connectivity index (χ0) is 15.3. The third kappa shape index (κ3) is 4.94. The first-order chi connectivity index (χ1) is 9.94. The number of hydrogen-bond donors (Lipinski definition) is 2. The average molecular weight is 291 g/mol. The number of alkyl carbamates (subject to hydrolysis) is 1. The molecular weight excluding hydrogens is 270 g/mol. The van der Waals surface area contributed by atoms with Crippen molar-refractivity contribution >= 4 is 17.6 Å². The van der Waals surface area contributed by atoms with Gasteiger partial charge in [0.1, 0.15) is 11.4 Å². The van der Waals surface area contributed by atoms with Gasteiger partial charge in [-0.05, 0) is 33.3 Å². The molecule has 7 nitrogen and oxygen atoms in total. The lowest BCUT2D eigenvalue weighted by atomic mass is 10.2. The zero-order valence-corrected chi connectivity index (χ0v) is 12.6. The van der Waals surface area contributed by atoms with Gasteiger partial charge in [-0.1, -0.05) is 0 Å². The highest BCUT2D eigenvalue weighted by Crippen LogP contribution is 2.07. The summed E-state index contributed by atoms with van der Waals surface area (Å²) in [4.78, 5) is 15.8. The summed E-state index contributed by atoms with van der Waals surface area (Å²) in [6, 6.07) is 3.70. The Labute approximate surface area is 123 Å². The van der Waals surface area contributed by atoms with Gasteiger partial charge in [0.25, 0.3) is 0 Å². The first-order valence-corrected chi connectivity index (χ1v) is 6.95. The normalized spacial score (nSPS) is 11.4. The van der Waals surface area contributed by atoms with Crippen LogP contribution in [0.25, 0.3) is 5.65 Å². The minimum absolute atomic E-state index is 0.388. The van der Waals surface area contributed by atoms with Gasteiger partial charge in [0.2, 0.25) is 0 Å². The molecular formula is C14H21N5O2. The Bertz CT molecular complexity index is 603. The first kappa shape index (κ1) is 15.1. The van der Waals surface area contributed by atoms with Crippen molar-refractivity contribution in [2.75, 3.05) is 18.4 Å². The maximum Gasteiger partial charge on any atom is 0.407 e. The van der Waals surface area contributed by atoms with E-state index >= 15 is 0 Å². The number of ether oxygens (including phenoxy) is 1. The molecule has 0 atom stereocenters. The van der Waals surface area contributed by atoms with Crippen LogP contribution in [0.3, 0.4) is 0 Å². The van der Waals surface area contributed by atoms with Gasteiger partial charge < -0.3 is 15.4 Å². The van der Waals surface area contributed by atoms with Crippen LogP contribution in [0.5, 0.6) is 0 Å². The highest BCUT2D eigenvalue weighted by atomic mass is 16.6. The summed E-state index contributed by atoms with van der Waals surface area (Å²) >= 11 is 0. The molecule has 0 aliphatic heterocycles. The zero-order valence-electron chi connectivity index (χ0n) is 12.6. The Kier molecular flexibility index (Phi) is 4.62. The van der Waals surface area contributed by atoms with Gasteiger partial charge in [-0.3, -0.25) is 0 Å². The van der Waals surface area contributed by atoms with Crippen molar-refractivity contribution in [2.45, 2.75) is 32.8 Å². The molecule has 2 aromatic rings. The monoisotopic (exact) mass is 291 g/mol. The number of nitrogens with zero attached hydrogens (tertiary/aromatic N) is 3. The van der Waals surface area contributed by atoms with Gasteiger partial charge in [-0.2, -0.15) is 5.10 Å². The Morgan fingerprint density at radius 2 is 2.14 bits per heavy atom. The molecule has 0 saturated carbocycles. The lowest BCUT2D eigenvalue weighted by Crippen LogP contribution is -2.33. The van der Waals surface area contributed by atoms with Crippen LogP contribution in [0.2, 0.25) is 0 Å². The van der Waals surface area contributed by atoms with E-state index in [0.717, 1.165) is 17.9 Å². The van der Waals surface area contributed by atoms with E-state index in [2.05, 4.69) is 20.7 Å². The molecule has 0 fully saturated rings. The van der Waals surface area contributed by atoms with Crippen LogP contribution in [0.15, 0.2) is 24.5 Å². The Morgan fingerprint density at radius 1 is 1.33 bits per heavy atom. The van der Waals surface area contributed by atoms with E-state index in [-0.39, 0.29) is 6.09 Å². The number of carbonyl (C=O) groups excluding carboxylic acids is 1. The molecule has 21 heavy (non-hydrogen) atoms. The van der Waals surface area contributed by atoms with Crippen molar-refractivity contribution in [3.63, 3.8) is 0 Å². The summed E-state index contributed by atoms with van der Waals surface area (Å²) in [6.07, 6.45) is 3.95. The molecule has 0 saturated heterocycles. The third-order valence-corrected chi connectivity index (χ3v) is 2.59. The maximum absolute atomic E-state index is 11.4. The van der Waals surface area contributed by atoms with E-state index in [4.69, 9.17) is 4.74 Å². The third-order valence-electron chi connectivity index (χ3n) is 2.59. The molecule has 2 N–H and O–H groups in total. The molecule has 0 radical (unpaired) electrons. The maximum atomic E-state index is 11.4. The van der Waals surface area contributed by atoms with Crippen LogP contribution >= 0.6 is 0 Å². The summed E-state index contributed by atoms with van der Waals surface area (Å²) in [5.74, 6) is 0.792. The molecule has 2 heterocycles. The molecule has 0 spiro atoms. The number of carbonyl (C=O) groups is 1. The van der Waals surface area contributed by atoms with Gasteiger partial charge in [0, 0.05) is 25.4 Å². The fourth-order valence-corrected chi connectivity index (χ4v) is 1.72. The number of nitrogens with one attached hydrogen (secondary N) is 2. The fourth-order valence-electron chi connectivity index (χ4n) is 1.72. The Balaban J connectivity index is 1.66. The molecule has 0 unspecified atom stereocenters. The topological polar surface area (TPSA) is 80.5 Å². The molecule has 1 amide bonds. The summed E-state index contributed by atoms with van der Waals surface area (Å²) in [5, 5.41) is 10.0. The SMILES string of the molecule is CC(C)(C)OC(=O)NCCCNc1ccn2nccc2n1. The van der Waals surface area contributed by atoms with E-state index in [9.17, 15) is 4.79 Å². The Morgan fingerprint density at radius 3 is 2.90 bits per heavy atom. The summed E-state index contributed by atoms with van der Waals surface area (Å²) in [7, 11) is 0. The minimum atomic E-state index is -0.465. The first-order valence-electron chi connectivity index (χ1n) is 6.95. The minimum Gasteiger partial charge on any atom is -0.444 e. The molecule has 2 rings (SSSR count). The fraction of sp³-hybridized carbons (Fsp3) is 0.500. The summed E-state index contributed by atoms with van der Waals surface area (Å²) < 4.78 is 6.85. The van der Waals surface area contributed by atoms with Crippen molar-refractivity contribution in [2.24, 2.45) is 0 Å². The van der Waals surface area contributed by atoms with Crippen molar-refractivity contribution < 1.29 is 9.53 Å². The van der Waals surface area contributed by atoms with Gasteiger partial charge in [0.05, 0.1) is 6.20 Å². The van der Waals surface area contributed by atoms with E-state index in [1.54, 1.807) is 10.7 Å². The standard InChI is InChI=1S/C14H21N5O2/c1-14(2,3)21-13(20)16-8-4-7-15-11-6-10-19-12(18-11)5-9-17-19/h5-6,9-10H,4,7-8H2,1-3H3,(H,15,18)(H,16,20). The summed E-state index contributed by atoms with van der Waals surface area (Å²) in [6.45, 7) is 6.79. The number of hydrogen-bond acceptors (Lipinski definition) is 5. The summed E-state index contributed by atoms with van der Waals surface area (Å²) in [5.41, 5.74) is 0.333. The smallest absolute Gasteiger partial charge is 0.407 e. The number of aromatic nitrogens is 3. The number of anilines is 1. The molecule has 0 aliphatic carbocycles. The van der Waals surface area contributed by atoms with Crippen LogP contribution in [0.4, 0.5) is 10.6 Å². The van der Waals surface area contributed by atoms with Crippen molar-refractivity contribution in [3.05, 3.63) is 24.5 Å². The molecule has 0 aromatic carbocycles. The molecule has 2 aromatic heterocycles. The average Bonchev–Trinajstić information content (AvgIpc) is 2.83. The second-order valence-electron chi connectivity index (χ2n) is 5.66. The van der Waals surface area contributed by atoms with Gasteiger partial charge in [0.15, 0.2) is 5.65 Å². The van der Waals surface area contributed by atoms with Crippen LogP contribution in [-0.2, 0) is 4.74 Å². The van der Waals surface area contributed by atoms with Crippen LogP contribution in [0.1, 0.15) is 27.2 Å². The molecule has 114 valence electrons. The lowest BCUT2D eigenvalue weighted by molar-refractivity contribution is 0.0528. The number of fused-ring (bicyclic) bond motifs is 1. The van der Waals surface area contributed by atoms with Crippen molar-refractivity contribution in [3.8, 4) is 0 Å². The second-order valence-corrected chi connectivity index (χ2v) is 5.66. The predicted molar refractivity (Wildman–Crippen MR) is 80.3 cm³/mol. The largest absolute Gasteiger partial charge is 0.444 e. The highest BCUT2D eigenvalue weighted by molar-refractivity contribution is 5.67. The van der Waals surface area contributed by atoms with Crippen LogP contribution in [-0.4, -0.2) is 39.4 Å². The Hall–Kier alpha value is -2.31. The van der Waals surface area contributed by atoms with Crippen LogP contribution < -0.4 is 10.6 Å². The van der Waals surface area contributed by atoms with Crippen LogP contribution in [0, 0.1) is 0 Å². The second kappa shape index (κ2) is 6.43. The predicted octanol–water partition coefficient (Wildman–Crippen LogP) is 2.06. The van der Waals surface area contributed by atoms with Gasteiger partial charge >= 0.3 is 6.09 Å². The highest BCUT2D eigenvalue weighted by Gasteiger charge is 2.15. The lowest BCUT2D eigenvalue weighted by Gasteiger charge is -2.19. The van der Waals surface area contributed by atoms with Crippen molar-refractivity contribution in [1.29, 1.82) is 0 Å². The van der Waals surface area contributed by atoms with Crippen molar-refractivity contribution in [1.82, 2.24) is 19.9 Å². The number of rotatable bonds is 5. The van der Waals surface area contributed by atoms with E-state index in [0.29, 0.717) is 13.1 Å². The van der Waals surface area contributed by atoms with Gasteiger partial charge in [-0.15, -0.1) is 0 Å². The van der Waals surface area contributed by atoms with E-state index in [1.165, 1.54) is 0 Å².